The topological polar surface area (TPSA) is 142 Å². The molecule has 0 saturated carbocycles. The van der Waals surface area contributed by atoms with E-state index in [-0.39, 0.29) is 40.6 Å². The molecule has 10 nitrogen and oxygen atoms in total. The molecule has 33 heavy (non-hydrogen) atoms. The van der Waals surface area contributed by atoms with Crippen LogP contribution in [0.25, 0.3) is 0 Å². The summed E-state index contributed by atoms with van der Waals surface area (Å²) in [6.07, 6.45) is 0.0715. The first-order chi connectivity index (χ1) is 15.2. The number of hydrogen-bond acceptors (Lipinski definition) is 8. The van der Waals surface area contributed by atoms with Crippen molar-refractivity contribution >= 4 is 50.7 Å². The molecule has 0 radical (unpaired) electrons. The number of ether oxygens (including phenoxy) is 1. The number of alkyl carbamates (subject to hydrolysis) is 1. The van der Waals surface area contributed by atoms with Gasteiger partial charge in [-0.2, -0.15) is 4.31 Å². The number of carbonyl (C=O) groups is 1. The van der Waals surface area contributed by atoms with Gasteiger partial charge in [0.2, 0.25) is 15.5 Å². The summed E-state index contributed by atoms with van der Waals surface area (Å²) in [5, 5.41) is 15.3. The van der Waals surface area contributed by atoms with E-state index >= 15 is 0 Å². The highest BCUT2D eigenvalue weighted by Crippen LogP contribution is 2.40. The Morgan fingerprint density at radius 2 is 1.76 bits per heavy atom. The third-order valence-electron chi connectivity index (χ3n) is 4.97. The van der Waals surface area contributed by atoms with Crippen LogP contribution < -0.4 is 21.5 Å². The zero-order chi connectivity index (χ0) is 24.7. The minimum absolute atomic E-state index is 0.0696. The van der Waals surface area contributed by atoms with Crippen LogP contribution in [0.5, 0.6) is 5.75 Å². The highest BCUT2D eigenvalue weighted by molar-refractivity contribution is 7.89. The first-order valence-corrected chi connectivity index (χ1v) is 12.2. The van der Waals surface area contributed by atoms with Crippen LogP contribution in [0.3, 0.4) is 0 Å². The average molecular weight is 520 g/mol. The Morgan fingerprint density at radius 1 is 1.15 bits per heavy atom. The van der Waals surface area contributed by atoms with Crippen LogP contribution in [0.4, 0.5) is 16.2 Å². The molecule has 1 heterocycles. The van der Waals surface area contributed by atoms with E-state index in [4.69, 9.17) is 27.9 Å². The molecule has 1 aliphatic heterocycles. The zero-order valence-corrected chi connectivity index (χ0v) is 20.4. The summed E-state index contributed by atoms with van der Waals surface area (Å²) in [7, 11) is -4.22. The highest BCUT2D eigenvalue weighted by Gasteiger charge is 2.35. The molecule has 1 amide bonds. The number of phenolic OH excluding ortho intramolecular Hbond substituents is 1. The molecular weight excluding hydrogens is 497 g/mol. The maximum absolute atomic E-state index is 13.2. The van der Waals surface area contributed by atoms with Gasteiger partial charge >= 0.3 is 6.09 Å². The van der Waals surface area contributed by atoms with E-state index in [2.05, 4.69) is 10.6 Å². The Labute approximate surface area is 200 Å². The summed E-state index contributed by atoms with van der Waals surface area (Å²) < 4.78 is 32.8. The van der Waals surface area contributed by atoms with Crippen molar-refractivity contribution in [3.8, 4) is 5.75 Å². The molecule has 180 valence electrons. The van der Waals surface area contributed by atoms with Crippen LogP contribution in [-0.4, -0.2) is 48.7 Å². The number of hydrogen-bond donors (Lipinski definition) is 3. The molecule has 0 spiro atoms. The van der Waals surface area contributed by atoms with E-state index < -0.39 is 43.2 Å². The molecule has 13 heteroatoms. The summed E-state index contributed by atoms with van der Waals surface area (Å²) in [5.41, 5.74) is -2.79. The van der Waals surface area contributed by atoms with Gasteiger partial charge in [0, 0.05) is 19.1 Å². The first kappa shape index (κ1) is 25.3. The van der Waals surface area contributed by atoms with Gasteiger partial charge in [0.15, 0.2) is 5.75 Å². The van der Waals surface area contributed by atoms with Gasteiger partial charge in [-0.05, 0) is 45.7 Å². The number of nitrogens with zero attached hydrogens (tertiary/aromatic N) is 1. The molecule has 2 aromatic rings. The molecule has 0 aromatic heterocycles. The third-order valence-corrected chi connectivity index (χ3v) is 7.73. The third kappa shape index (κ3) is 5.26. The SMILES string of the molecule is CC(C)(C)OC(=O)NC1CCN(S(=O)(=O)c2c(Cl)ccc(Nc3c(Cl)c(=O)c3=O)c2O)CC1. The number of piperidine rings is 1. The number of halogens is 2. The second-order valence-electron chi connectivity index (χ2n) is 8.57. The number of amides is 1. The normalized spacial score (nSPS) is 16.0. The van der Waals surface area contributed by atoms with Crippen LogP contribution >= 0.6 is 23.2 Å². The number of phenols is 1. The summed E-state index contributed by atoms with van der Waals surface area (Å²) in [4.78, 5) is 34.4. The van der Waals surface area contributed by atoms with Gasteiger partial charge in [-0.3, -0.25) is 9.59 Å². The van der Waals surface area contributed by atoms with Crippen molar-refractivity contribution < 1.29 is 23.1 Å². The van der Waals surface area contributed by atoms with E-state index in [0.717, 1.165) is 4.31 Å². The second-order valence-corrected chi connectivity index (χ2v) is 11.2. The quantitative estimate of drug-likeness (QED) is 0.404. The van der Waals surface area contributed by atoms with Gasteiger partial charge < -0.3 is 20.5 Å². The van der Waals surface area contributed by atoms with Gasteiger partial charge in [0.1, 0.15) is 21.2 Å². The van der Waals surface area contributed by atoms with Gasteiger partial charge in [0.05, 0.1) is 10.7 Å². The largest absolute Gasteiger partial charge is 0.504 e. The number of benzene rings is 1. The van der Waals surface area contributed by atoms with E-state index in [1.165, 1.54) is 12.1 Å². The smallest absolute Gasteiger partial charge is 0.407 e. The van der Waals surface area contributed by atoms with Crippen LogP contribution in [0.15, 0.2) is 26.6 Å². The Kier molecular flexibility index (Phi) is 6.99. The Morgan fingerprint density at radius 3 is 2.30 bits per heavy atom. The predicted octanol–water partition coefficient (Wildman–Crippen LogP) is 2.72. The van der Waals surface area contributed by atoms with Crippen molar-refractivity contribution in [2.75, 3.05) is 18.4 Å². The lowest BCUT2D eigenvalue weighted by Gasteiger charge is -2.32. The fourth-order valence-electron chi connectivity index (χ4n) is 3.35. The van der Waals surface area contributed by atoms with E-state index in [0.29, 0.717) is 12.8 Å². The van der Waals surface area contributed by atoms with E-state index in [9.17, 15) is 27.9 Å². The zero-order valence-electron chi connectivity index (χ0n) is 18.1. The van der Waals surface area contributed by atoms with Gasteiger partial charge in [0.25, 0.3) is 5.43 Å². The number of rotatable bonds is 5. The van der Waals surface area contributed by atoms with Crippen LogP contribution in [0.2, 0.25) is 10.0 Å². The molecule has 3 N–H and O–H groups in total. The molecular formula is C20H23Cl2N3O7S. The molecule has 2 aromatic carbocycles. The number of sulfonamides is 1. The number of anilines is 2. The van der Waals surface area contributed by atoms with Crippen molar-refractivity contribution in [2.24, 2.45) is 0 Å². The number of nitrogens with one attached hydrogen (secondary N) is 2. The molecule has 3 rings (SSSR count). The predicted molar refractivity (Wildman–Crippen MR) is 124 cm³/mol. The Balaban J connectivity index is 1.76. The summed E-state index contributed by atoms with van der Waals surface area (Å²) in [6.45, 7) is 5.36. The molecule has 0 unspecified atom stereocenters. The Hall–Kier alpha value is -2.34. The summed E-state index contributed by atoms with van der Waals surface area (Å²) in [6, 6.07) is 2.23. The first-order valence-electron chi connectivity index (χ1n) is 9.99. The van der Waals surface area contributed by atoms with Crippen molar-refractivity contribution in [3.05, 3.63) is 42.6 Å². The molecule has 1 fully saturated rings. The molecule has 1 aliphatic rings. The Bertz CT molecular complexity index is 1260. The minimum atomic E-state index is -4.22. The lowest BCUT2D eigenvalue weighted by molar-refractivity contribution is 0.0489. The van der Waals surface area contributed by atoms with Crippen molar-refractivity contribution in [1.29, 1.82) is 0 Å². The second kappa shape index (κ2) is 9.13. The highest BCUT2D eigenvalue weighted by atomic mass is 35.5. The molecule has 0 atom stereocenters. The molecule has 0 bridgehead atoms. The van der Waals surface area contributed by atoms with Crippen LogP contribution in [-0.2, 0) is 14.8 Å². The van der Waals surface area contributed by atoms with E-state index in [1.54, 1.807) is 20.8 Å². The van der Waals surface area contributed by atoms with Crippen molar-refractivity contribution in [2.45, 2.75) is 50.2 Å². The molecule has 1 saturated heterocycles. The average Bonchev–Trinajstić information content (AvgIpc) is 2.71. The lowest BCUT2D eigenvalue weighted by atomic mass is 10.1. The summed E-state index contributed by atoms with van der Waals surface area (Å²) >= 11 is 11.8. The van der Waals surface area contributed by atoms with Crippen LogP contribution in [0, 0.1) is 0 Å². The summed E-state index contributed by atoms with van der Waals surface area (Å²) in [5.74, 6) is -0.708. The van der Waals surface area contributed by atoms with E-state index in [1.807, 2.05) is 0 Å². The number of carbonyl (C=O) groups excluding carboxylic acids is 1. The maximum Gasteiger partial charge on any atom is 0.407 e. The van der Waals surface area contributed by atoms with Crippen molar-refractivity contribution in [1.82, 2.24) is 9.62 Å². The monoisotopic (exact) mass is 519 g/mol. The number of aromatic hydroxyl groups is 1. The van der Waals surface area contributed by atoms with Gasteiger partial charge in [-0.25, -0.2) is 13.2 Å². The molecule has 0 aliphatic carbocycles. The fourth-order valence-corrected chi connectivity index (χ4v) is 5.63. The maximum atomic E-state index is 13.2. The van der Waals surface area contributed by atoms with Gasteiger partial charge in [-0.15, -0.1) is 0 Å². The standard InChI is InChI=1S/C20H23Cl2N3O7S/c1-20(2,3)32-19(29)23-10-6-8-25(9-7-10)33(30,31)18-11(21)4-5-12(15(18)26)24-14-13(22)16(27)17(14)28/h4-5,10,24,26H,6-9H2,1-3H3,(H,23,29). The lowest BCUT2D eigenvalue weighted by Crippen LogP contribution is -2.47. The van der Waals surface area contributed by atoms with Crippen molar-refractivity contribution in [3.63, 3.8) is 0 Å². The van der Waals surface area contributed by atoms with Crippen LogP contribution in [0.1, 0.15) is 33.6 Å². The fraction of sp³-hybridized carbons (Fsp3) is 0.450. The minimum Gasteiger partial charge on any atom is -0.504 e. The van der Waals surface area contributed by atoms with Gasteiger partial charge in [-0.1, -0.05) is 23.2 Å².